The average molecular weight is 595 g/mol. The number of carboxylic acids is 1. The van der Waals surface area contributed by atoms with E-state index in [-0.39, 0.29) is 38.0 Å². The number of ether oxygens (including phenoxy) is 1. The number of aliphatic carboxylic acids is 1. The van der Waals surface area contributed by atoms with Gasteiger partial charge in [0.25, 0.3) is 0 Å². The van der Waals surface area contributed by atoms with E-state index in [9.17, 15) is 45.3 Å². The van der Waals surface area contributed by atoms with Gasteiger partial charge in [0.15, 0.2) is 0 Å². The standard InChI is InChI=1S/C32H50O10/c1-4-29-21(2)14-11-9-7-5-6-8-10-12-17-26(36)30(31(39)40)28(38)19-24(34)16-13-15-23(33)18-25(35)20-27(37)22(3)32(41)42-29/h5-12,14,17,21-30,33-38H,4,13,15-16,18-20H2,1-3H3,(H,39,40)/t21-,22+,23-,24+,25-,26+,27-,28+,29+,30-/m0/s1. The molecule has 0 aromatic rings. The summed E-state index contributed by atoms with van der Waals surface area (Å²) in [6, 6.07) is 0. The van der Waals surface area contributed by atoms with Crippen molar-refractivity contribution in [1.82, 2.24) is 0 Å². The molecule has 238 valence electrons. The van der Waals surface area contributed by atoms with E-state index in [2.05, 4.69) is 0 Å². The molecule has 0 amide bonds. The Hall–Kier alpha value is -2.60. The topological polar surface area (TPSA) is 185 Å². The van der Waals surface area contributed by atoms with Gasteiger partial charge < -0.3 is 40.5 Å². The van der Waals surface area contributed by atoms with Crippen molar-refractivity contribution in [2.24, 2.45) is 17.8 Å². The highest BCUT2D eigenvalue weighted by molar-refractivity contribution is 5.73. The monoisotopic (exact) mass is 594 g/mol. The predicted octanol–water partition coefficient (Wildman–Crippen LogP) is 2.58. The highest BCUT2D eigenvalue weighted by Crippen LogP contribution is 2.22. The van der Waals surface area contributed by atoms with Crippen LogP contribution in [0.15, 0.2) is 60.8 Å². The van der Waals surface area contributed by atoms with Crippen molar-refractivity contribution in [1.29, 1.82) is 0 Å². The van der Waals surface area contributed by atoms with Gasteiger partial charge in [-0.05, 0) is 39.0 Å². The SMILES string of the molecule is CC[C@H]1OC(=O)[C@H](C)[C@@H](O)C[C@@H](O)C[C@@H](O)CCC[C@@H](O)C[C@@H](O)[C@@H](C(=O)O)[C@H](O)C=CC=CC=CC=CC=C[C@@H]1C. The minimum Gasteiger partial charge on any atom is -0.481 e. The van der Waals surface area contributed by atoms with Crippen LogP contribution in [0.25, 0.3) is 0 Å². The predicted molar refractivity (Wildman–Crippen MR) is 159 cm³/mol. The van der Waals surface area contributed by atoms with E-state index in [0.717, 1.165) is 0 Å². The maximum atomic E-state index is 12.7. The zero-order valence-electron chi connectivity index (χ0n) is 24.9. The van der Waals surface area contributed by atoms with Crippen LogP contribution in [0.4, 0.5) is 0 Å². The third-order valence-electron chi connectivity index (χ3n) is 7.42. The maximum Gasteiger partial charge on any atom is 0.312 e. The number of carbonyl (C=O) groups excluding carboxylic acids is 1. The molecule has 0 unspecified atom stereocenters. The minimum atomic E-state index is -1.54. The van der Waals surface area contributed by atoms with Crippen LogP contribution in [0, 0.1) is 17.8 Å². The molecular formula is C32H50O10. The summed E-state index contributed by atoms with van der Waals surface area (Å²) in [6.07, 6.45) is 9.99. The van der Waals surface area contributed by atoms with Gasteiger partial charge in [0, 0.05) is 18.8 Å². The van der Waals surface area contributed by atoms with Gasteiger partial charge in [-0.2, -0.15) is 0 Å². The second-order valence-electron chi connectivity index (χ2n) is 11.0. The molecule has 10 heteroatoms. The van der Waals surface area contributed by atoms with E-state index < -0.39 is 66.5 Å². The van der Waals surface area contributed by atoms with Crippen LogP contribution in [0.2, 0.25) is 0 Å². The zero-order chi connectivity index (χ0) is 31.7. The van der Waals surface area contributed by atoms with Gasteiger partial charge in [-0.1, -0.05) is 74.6 Å². The Morgan fingerprint density at radius 3 is 1.81 bits per heavy atom. The molecule has 1 rings (SSSR count). The molecule has 0 aromatic heterocycles. The van der Waals surface area contributed by atoms with Crippen LogP contribution in [0.5, 0.6) is 0 Å². The molecule has 0 aromatic carbocycles. The lowest BCUT2D eigenvalue weighted by atomic mass is 9.90. The molecule has 7 N–H and O–H groups in total. The average Bonchev–Trinajstić information content (AvgIpc) is 2.90. The molecule has 0 spiro atoms. The second-order valence-corrected chi connectivity index (χ2v) is 11.0. The highest BCUT2D eigenvalue weighted by Gasteiger charge is 2.33. The largest absolute Gasteiger partial charge is 0.481 e. The van der Waals surface area contributed by atoms with E-state index in [4.69, 9.17) is 4.74 Å². The highest BCUT2D eigenvalue weighted by atomic mass is 16.5. The molecule has 10 nitrogen and oxygen atoms in total. The molecule has 1 aliphatic heterocycles. The van der Waals surface area contributed by atoms with Crippen LogP contribution < -0.4 is 0 Å². The Balaban J connectivity index is 3.03. The van der Waals surface area contributed by atoms with Crippen LogP contribution in [0.3, 0.4) is 0 Å². The van der Waals surface area contributed by atoms with Crippen molar-refractivity contribution in [3.63, 3.8) is 0 Å². The normalized spacial score (nSPS) is 35.7. The molecule has 0 saturated carbocycles. The molecule has 0 aliphatic carbocycles. The van der Waals surface area contributed by atoms with Crippen LogP contribution >= 0.6 is 0 Å². The van der Waals surface area contributed by atoms with Crippen LogP contribution in [-0.2, 0) is 14.3 Å². The Bertz CT molecular complexity index is 940. The van der Waals surface area contributed by atoms with Crippen molar-refractivity contribution in [2.45, 2.75) is 108 Å². The number of hydrogen-bond donors (Lipinski definition) is 7. The number of aliphatic hydroxyl groups excluding tert-OH is 6. The van der Waals surface area contributed by atoms with Gasteiger partial charge in [-0.3, -0.25) is 9.59 Å². The summed E-state index contributed by atoms with van der Waals surface area (Å²) in [4.78, 5) is 24.4. The summed E-state index contributed by atoms with van der Waals surface area (Å²) in [5.41, 5.74) is 0. The Morgan fingerprint density at radius 1 is 0.762 bits per heavy atom. The number of aliphatic hydroxyl groups is 6. The Labute approximate surface area is 249 Å². The first-order chi connectivity index (χ1) is 19.9. The number of hydrogen-bond acceptors (Lipinski definition) is 9. The Morgan fingerprint density at radius 2 is 1.26 bits per heavy atom. The molecule has 0 radical (unpaired) electrons. The van der Waals surface area contributed by atoms with Crippen molar-refractivity contribution in [3.05, 3.63) is 60.8 Å². The fraction of sp³-hybridized carbons (Fsp3) is 0.625. The third-order valence-corrected chi connectivity index (χ3v) is 7.42. The summed E-state index contributed by atoms with van der Waals surface area (Å²) in [5, 5.41) is 71.8. The quantitative estimate of drug-likeness (QED) is 0.234. The molecule has 10 atom stereocenters. The maximum absolute atomic E-state index is 12.7. The number of cyclic esters (lactones) is 1. The molecule has 0 bridgehead atoms. The summed E-state index contributed by atoms with van der Waals surface area (Å²) < 4.78 is 5.65. The van der Waals surface area contributed by atoms with E-state index in [1.807, 2.05) is 26.0 Å². The second kappa shape index (κ2) is 20.3. The van der Waals surface area contributed by atoms with Gasteiger partial charge in [0.2, 0.25) is 0 Å². The van der Waals surface area contributed by atoms with Crippen molar-refractivity contribution >= 4 is 11.9 Å². The molecule has 1 aliphatic rings. The summed E-state index contributed by atoms with van der Waals surface area (Å²) >= 11 is 0. The smallest absolute Gasteiger partial charge is 0.312 e. The van der Waals surface area contributed by atoms with E-state index in [0.29, 0.717) is 12.8 Å². The van der Waals surface area contributed by atoms with E-state index in [1.165, 1.54) is 19.1 Å². The van der Waals surface area contributed by atoms with Crippen molar-refractivity contribution in [3.8, 4) is 0 Å². The number of rotatable bonds is 2. The van der Waals surface area contributed by atoms with Gasteiger partial charge in [-0.15, -0.1) is 0 Å². The first kappa shape index (κ1) is 37.4. The van der Waals surface area contributed by atoms with E-state index in [1.54, 1.807) is 36.5 Å². The lowest BCUT2D eigenvalue weighted by Gasteiger charge is -2.26. The molecule has 42 heavy (non-hydrogen) atoms. The molecule has 0 saturated heterocycles. The minimum absolute atomic E-state index is 0.0479. The summed E-state index contributed by atoms with van der Waals surface area (Å²) in [6.45, 7) is 5.35. The van der Waals surface area contributed by atoms with Crippen LogP contribution in [-0.4, -0.2) is 90.4 Å². The number of carbonyl (C=O) groups is 2. The number of allylic oxidation sites excluding steroid dienone is 8. The first-order valence-electron chi connectivity index (χ1n) is 14.7. The summed E-state index contributed by atoms with van der Waals surface area (Å²) in [7, 11) is 0. The molecule has 0 fully saturated rings. The van der Waals surface area contributed by atoms with E-state index >= 15 is 0 Å². The van der Waals surface area contributed by atoms with Crippen molar-refractivity contribution < 1.29 is 50.1 Å². The van der Waals surface area contributed by atoms with Crippen molar-refractivity contribution in [2.75, 3.05) is 0 Å². The Kier molecular flexibility index (Phi) is 18.1. The summed E-state index contributed by atoms with van der Waals surface area (Å²) in [5.74, 6) is -4.47. The first-order valence-corrected chi connectivity index (χ1v) is 14.7. The molecule has 1 heterocycles. The zero-order valence-corrected chi connectivity index (χ0v) is 24.9. The van der Waals surface area contributed by atoms with Gasteiger partial charge in [0.05, 0.1) is 42.5 Å². The molecular weight excluding hydrogens is 544 g/mol. The lowest BCUT2D eigenvalue weighted by Crippen LogP contribution is -2.39. The number of carboxylic acid groups (broad SMARTS) is 1. The van der Waals surface area contributed by atoms with Gasteiger partial charge >= 0.3 is 11.9 Å². The third kappa shape index (κ3) is 14.5. The number of esters is 1. The van der Waals surface area contributed by atoms with Gasteiger partial charge in [-0.25, -0.2) is 0 Å². The van der Waals surface area contributed by atoms with Crippen LogP contribution in [0.1, 0.15) is 65.7 Å². The fourth-order valence-electron chi connectivity index (χ4n) is 4.70. The fourth-order valence-corrected chi connectivity index (χ4v) is 4.70. The lowest BCUT2D eigenvalue weighted by molar-refractivity contribution is -0.160. The van der Waals surface area contributed by atoms with Gasteiger partial charge in [0.1, 0.15) is 12.0 Å².